The fourth-order valence-electron chi connectivity index (χ4n) is 4.64. The van der Waals surface area contributed by atoms with E-state index in [2.05, 4.69) is 18.7 Å². The van der Waals surface area contributed by atoms with Crippen LogP contribution in [0.25, 0.3) is 0 Å². The van der Waals surface area contributed by atoms with Crippen molar-refractivity contribution in [3.63, 3.8) is 0 Å². The maximum atomic E-state index is 5.57. The van der Waals surface area contributed by atoms with Crippen LogP contribution in [0.5, 0.6) is 0 Å². The molecule has 0 unspecified atom stereocenters. The first kappa shape index (κ1) is 30.9. The Morgan fingerprint density at radius 3 is 0.903 bits per heavy atom. The Morgan fingerprint density at radius 1 is 0.355 bits per heavy atom. The third-order valence-electron chi connectivity index (χ3n) is 6.83. The third-order valence-corrected chi connectivity index (χ3v) is 6.83. The Hall–Kier alpha value is -0.0800. The average Bonchev–Trinajstić information content (AvgIpc) is 2.78. The molecule has 2 nitrogen and oxygen atoms in total. The second-order valence-electron chi connectivity index (χ2n) is 10.1. The molecule has 0 saturated heterocycles. The van der Waals surface area contributed by atoms with Crippen molar-refractivity contribution in [2.24, 2.45) is 5.73 Å². The fraction of sp³-hybridized carbons (Fsp3) is 1.00. The van der Waals surface area contributed by atoms with Crippen LogP contribution >= 0.6 is 0 Å². The minimum Gasteiger partial charge on any atom is -0.330 e. The summed E-state index contributed by atoms with van der Waals surface area (Å²) in [6.07, 6.45) is 32.6. The maximum Gasteiger partial charge on any atom is -0.00187 e. The molecule has 0 fully saturated rings. The van der Waals surface area contributed by atoms with Crippen LogP contribution < -0.4 is 5.73 Å². The number of unbranched alkanes of at least 4 members (excludes halogenated alkanes) is 20. The van der Waals surface area contributed by atoms with Crippen molar-refractivity contribution in [1.29, 1.82) is 0 Å². The highest BCUT2D eigenvalue weighted by Crippen LogP contribution is 2.13. The Morgan fingerprint density at radius 2 is 0.613 bits per heavy atom. The second kappa shape index (κ2) is 28.0. The standard InChI is InChI=1S/C29H62N2/c1-3-5-7-9-15-19-23-27-31(28-24-20-16-10-8-6-4-2)29-25-21-17-13-11-12-14-18-22-26-30/h3-30H2,1-2H3. The van der Waals surface area contributed by atoms with Crippen LogP contribution in [0, 0.1) is 0 Å². The Labute approximate surface area is 198 Å². The van der Waals surface area contributed by atoms with Crippen LogP contribution in [0.2, 0.25) is 0 Å². The van der Waals surface area contributed by atoms with E-state index in [0.29, 0.717) is 0 Å². The average molecular weight is 439 g/mol. The lowest BCUT2D eigenvalue weighted by Gasteiger charge is -2.22. The highest BCUT2D eigenvalue weighted by Gasteiger charge is 2.05. The number of nitrogens with two attached hydrogens (primary N) is 1. The number of hydrogen-bond acceptors (Lipinski definition) is 2. The molecule has 0 saturated carbocycles. The molecule has 0 aliphatic heterocycles. The zero-order chi connectivity index (χ0) is 22.7. The van der Waals surface area contributed by atoms with E-state index < -0.39 is 0 Å². The SMILES string of the molecule is CCCCCCCCCN(CCCCCCCCC)CCCCCCCCCCCN. The van der Waals surface area contributed by atoms with Crippen molar-refractivity contribution in [3.05, 3.63) is 0 Å². The number of rotatable bonds is 27. The molecule has 0 aromatic heterocycles. The van der Waals surface area contributed by atoms with Crippen LogP contribution in [0.3, 0.4) is 0 Å². The predicted molar refractivity (Wildman–Crippen MR) is 143 cm³/mol. The van der Waals surface area contributed by atoms with Crippen LogP contribution in [-0.4, -0.2) is 31.1 Å². The smallest absolute Gasteiger partial charge is 0.00187 e. The summed E-state index contributed by atoms with van der Waals surface area (Å²) in [5.41, 5.74) is 5.57. The largest absolute Gasteiger partial charge is 0.330 e. The minimum atomic E-state index is 0.869. The van der Waals surface area contributed by atoms with E-state index in [9.17, 15) is 0 Å². The first-order chi connectivity index (χ1) is 15.3. The molecule has 0 atom stereocenters. The highest BCUT2D eigenvalue weighted by atomic mass is 15.1. The van der Waals surface area contributed by atoms with E-state index in [0.717, 1.165) is 6.54 Å². The van der Waals surface area contributed by atoms with E-state index in [1.165, 1.54) is 167 Å². The molecule has 0 radical (unpaired) electrons. The van der Waals surface area contributed by atoms with Gasteiger partial charge < -0.3 is 10.6 Å². The zero-order valence-corrected chi connectivity index (χ0v) is 22.1. The van der Waals surface area contributed by atoms with Crippen LogP contribution in [-0.2, 0) is 0 Å². The lowest BCUT2D eigenvalue weighted by molar-refractivity contribution is 0.254. The molecule has 0 aliphatic carbocycles. The summed E-state index contributed by atoms with van der Waals surface area (Å²) >= 11 is 0. The van der Waals surface area contributed by atoms with Crippen molar-refractivity contribution in [2.45, 2.75) is 162 Å². The van der Waals surface area contributed by atoms with Gasteiger partial charge in [0.15, 0.2) is 0 Å². The van der Waals surface area contributed by atoms with Crippen LogP contribution in [0.1, 0.15) is 162 Å². The summed E-state index contributed by atoms with van der Waals surface area (Å²) in [5.74, 6) is 0. The molecular formula is C29H62N2. The van der Waals surface area contributed by atoms with Gasteiger partial charge in [0.25, 0.3) is 0 Å². The van der Waals surface area contributed by atoms with E-state index in [4.69, 9.17) is 5.73 Å². The van der Waals surface area contributed by atoms with Gasteiger partial charge in [0, 0.05) is 0 Å². The van der Waals surface area contributed by atoms with E-state index in [-0.39, 0.29) is 0 Å². The molecule has 0 amide bonds. The Kier molecular flexibility index (Phi) is 27.9. The van der Waals surface area contributed by atoms with Crippen molar-refractivity contribution in [1.82, 2.24) is 4.90 Å². The van der Waals surface area contributed by atoms with E-state index >= 15 is 0 Å². The van der Waals surface area contributed by atoms with Gasteiger partial charge in [-0.3, -0.25) is 0 Å². The summed E-state index contributed by atoms with van der Waals surface area (Å²) < 4.78 is 0. The Bertz CT molecular complexity index is 287. The summed E-state index contributed by atoms with van der Waals surface area (Å²) in [5, 5.41) is 0. The molecule has 31 heavy (non-hydrogen) atoms. The van der Waals surface area contributed by atoms with Gasteiger partial charge in [0.2, 0.25) is 0 Å². The summed E-state index contributed by atoms with van der Waals surface area (Å²) in [7, 11) is 0. The van der Waals surface area contributed by atoms with Gasteiger partial charge in [-0.1, -0.05) is 136 Å². The molecule has 2 heteroatoms. The van der Waals surface area contributed by atoms with Gasteiger partial charge in [-0.2, -0.15) is 0 Å². The lowest BCUT2D eigenvalue weighted by atomic mass is 10.1. The van der Waals surface area contributed by atoms with Gasteiger partial charge >= 0.3 is 0 Å². The summed E-state index contributed by atoms with van der Waals surface area (Å²) in [4.78, 5) is 2.81. The highest BCUT2D eigenvalue weighted by molar-refractivity contribution is 4.60. The summed E-state index contributed by atoms with van der Waals surface area (Å²) in [6.45, 7) is 9.54. The van der Waals surface area contributed by atoms with Gasteiger partial charge in [0.1, 0.15) is 0 Å². The maximum absolute atomic E-state index is 5.57. The van der Waals surface area contributed by atoms with Gasteiger partial charge in [0.05, 0.1) is 0 Å². The van der Waals surface area contributed by atoms with E-state index in [1.54, 1.807) is 0 Å². The van der Waals surface area contributed by atoms with Crippen molar-refractivity contribution >= 4 is 0 Å². The van der Waals surface area contributed by atoms with Crippen molar-refractivity contribution in [3.8, 4) is 0 Å². The number of nitrogens with zero attached hydrogens (tertiary/aromatic N) is 1. The van der Waals surface area contributed by atoms with Gasteiger partial charge in [-0.15, -0.1) is 0 Å². The minimum absolute atomic E-state index is 0.869. The molecule has 0 aromatic rings. The van der Waals surface area contributed by atoms with Crippen LogP contribution in [0.15, 0.2) is 0 Å². The molecule has 0 heterocycles. The van der Waals surface area contributed by atoms with Crippen molar-refractivity contribution < 1.29 is 0 Å². The normalized spacial score (nSPS) is 11.6. The third kappa shape index (κ3) is 26.1. The topological polar surface area (TPSA) is 29.3 Å². The Balaban J connectivity index is 3.79. The molecule has 0 rings (SSSR count). The number of hydrogen-bond donors (Lipinski definition) is 1. The first-order valence-electron chi connectivity index (χ1n) is 14.8. The molecule has 0 spiro atoms. The predicted octanol–water partition coefficient (Wildman–Crippen LogP) is 9.26. The molecular weight excluding hydrogens is 376 g/mol. The molecule has 0 aromatic carbocycles. The van der Waals surface area contributed by atoms with Crippen LogP contribution in [0.4, 0.5) is 0 Å². The lowest BCUT2D eigenvalue weighted by Crippen LogP contribution is -2.27. The molecule has 188 valence electrons. The van der Waals surface area contributed by atoms with E-state index in [1.807, 2.05) is 0 Å². The quantitative estimate of drug-likeness (QED) is 0.129. The van der Waals surface area contributed by atoms with Gasteiger partial charge in [-0.05, 0) is 51.9 Å². The molecule has 0 bridgehead atoms. The van der Waals surface area contributed by atoms with Gasteiger partial charge in [-0.25, -0.2) is 0 Å². The zero-order valence-electron chi connectivity index (χ0n) is 22.1. The second-order valence-corrected chi connectivity index (χ2v) is 10.1. The molecule has 2 N–H and O–H groups in total. The summed E-state index contributed by atoms with van der Waals surface area (Å²) in [6, 6.07) is 0. The monoisotopic (exact) mass is 438 g/mol. The molecule has 0 aliphatic rings. The van der Waals surface area contributed by atoms with Crippen molar-refractivity contribution in [2.75, 3.05) is 26.2 Å². The fourth-order valence-corrected chi connectivity index (χ4v) is 4.64. The first-order valence-corrected chi connectivity index (χ1v) is 14.8.